The van der Waals surface area contributed by atoms with E-state index >= 15 is 0 Å². The predicted molar refractivity (Wildman–Crippen MR) is 201 cm³/mol. The Kier molecular flexibility index (Phi) is 15.2. The highest BCUT2D eigenvalue weighted by atomic mass is 31.2. The van der Waals surface area contributed by atoms with Crippen LogP contribution >= 0.6 is 8.53 Å². The molecule has 0 heterocycles. The number of hydrogen-bond acceptors (Lipinski definition) is 8. The molecule has 0 N–H and O–H groups in total. The average molecular weight is 698 g/mol. The third-order valence-electron chi connectivity index (χ3n) is 8.37. The molecule has 2 unspecified atom stereocenters. The van der Waals surface area contributed by atoms with E-state index in [1.807, 2.05) is 48.5 Å². The molecule has 4 aromatic carbocycles. The topological polar surface area (TPSA) is 76.4 Å². The van der Waals surface area contributed by atoms with Gasteiger partial charge < -0.3 is 23.3 Å². The van der Waals surface area contributed by atoms with Gasteiger partial charge in [0.2, 0.25) is 0 Å². The van der Waals surface area contributed by atoms with Crippen LogP contribution in [0.4, 0.5) is 0 Å². The molecule has 0 aliphatic heterocycles. The van der Waals surface area contributed by atoms with E-state index in [1.54, 1.807) is 14.2 Å². The van der Waals surface area contributed by atoms with E-state index in [-0.39, 0.29) is 31.7 Å². The first kappa shape index (κ1) is 39.0. The van der Waals surface area contributed by atoms with Crippen LogP contribution in [0.25, 0.3) is 0 Å². The molecular weight excluding hydrogens is 645 g/mol. The number of methoxy groups -OCH3 is 2. The summed E-state index contributed by atoms with van der Waals surface area (Å²) >= 11 is 0. The lowest BCUT2D eigenvalue weighted by Gasteiger charge is -2.40. The summed E-state index contributed by atoms with van der Waals surface area (Å²) in [6.07, 6.45) is -0.107. The highest BCUT2D eigenvalue weighted by Crippen LogP contribution is 2.48. The van der Waals surface area contributed by atoms with Crippen LogP contribution in [0.5, 0.6) is 11.5 Å². The van der Waals surface area contributed by atoms with E-state index in [0.717, 1.165) is 34.7 Å². The quantitative estimate of drug-likeness (QED) is 0.0516. The molecule has 4 rings (SSSR count). The second-order valence-electron chi connectivity index (χ2n) is 12.8. The van der Waals surface area contributed by atoms with Crippen LogP contribution < -0.4 is 9.47 Å². The fourth-order valence-electron chi connectivity index (χ4n) is 6.14. The van der Waals surface area contributed by atoms with Gasteiger partial charge in [0.25, 0.3) is 8.53 Å². The van der Waals surface area contributed by atoms with E-state index < -0.39 is 20.2 Å². The summed E-state index contributed by atoms with van der Waals surface area (Å²) in [5.41, 5.74) is 3.09. The number of rotatable bonds is 20. The lowest BCUT2D eigenvalue weighted by Crippen LogP contribution is -2.41. The van der Waals surface area contributed by atoms with Crippen LogP contribution in [-0.4, -0.2) is 68.8 Å². The number of nitrogens with zero attached hydrogens (tertiary/aromatic N) is 3. The molecule has 266 valence electrons. The highest BCUT2D eigenvalue weighted by molar-refractivity contribution is 7.44. The van der Waals surface area contributed by atoms with Crippen LogP contribution in [0.1, 0.15) is 56.4 Å². The molecule has 0 aliphatic carbocycles. The normalized spacial score (nSPS) is 13.1. The molecule has 0 amide bonds. The Morgan fingerprint density at radius 2 is 1.22 bits per heavy atom. The van der Waals surface area contributed by atoms with Gasteiger partial charge in [-0.2, -0.15) is 5.26 Å². The van der Waals surface area contributed by atoms with Crippen molar-refractivity contribution in [2.24, 2.45) is 0 Å². The molecular formula is C41H52N3O5P. The van der Waals surface area contributed by atoms with E-state index in [4.69, 9.17) is 23.3 Å². The summed E-state index contributed by atoms with van der Waals surface area (Å²) in [6.45, 7) is 10.4. The van der Waals surface area contributed by atoms with Gasteiger partial charge in [-0.05, 0) is 81.3 Å². The maximum Gasteiger partial charge on any atom is 0.259 e. The minimum Gasteiger partial charge on any atom is -0.497 e. The summed E-state index contributed by atoms with van der Waals surface area (Å²) in [5, 5.41) is 9.32. The zero-order chi connectivity index (χ0) is 35.9. The van der Waals surface area contributed by atoms with Crippen molar-refractivity contribution in [2.45, 2.75) is 64.4 Å². The molecule has 0 aromatic heterocycles. The first-order chi connectivity index (χ1) is 24.2. The lowest BCUT2D eigenvalue weighted by atomic mass is 9.80. The van der Waals surface area contributed by atoms with Crippen LogP contribution in [-0.2, 0) is 25.9 Å². The minimum atomic E-state index is -1.52. The second kappa shape index (κ2) is 19.6. The Morgan fingerprint density at radius 3 is 1.70 bits per heavy atom. The molecule has 4 aromatic rings. The fraction of sp³-hybridized carbons (Fsp3) is 0.390. The highest BCUT2D eigenvalue weighted by Gasteiger charge is 2.40. The van der Waals surface area contributed by atoms with Gasteiger partial charge in [0.1, 0.15) is 23.2 Å². The van der Waals surface area contributed by atoms with E-state index in [1.165, 1.54) is 5.56 Å². The summed E-state index contributed by atoms with van der Waals surface area (Å²) in [6, 6.07) is 39.3. The number of nitriles is 1. The average Bonchev–Trinajstić information content (AvgIpc) is 3.13. The maximum absolute atomic E-state index is 9.32. The minimum absolute atomic E-state index is 0.161. The van der Waals surface area contributed by atoms with Crippen molar-refractivity contribution >= 4 is 8.53 Å². The van der Waals surface area contributed by atoms with Crippen molar-refractivity contribution in [1.82, 2.24) is 9.57 Å². The second-order valence-corrected chi connectivity index (χ2v) is 14.2. The third kappa shape index (κ3) is 10.4. The van der Waals surface area contributed by atoms with Crippen molar-refractivity contribution in [1.29, 1.82) is 5.26 Å². The predicted octanol–water partition coefficient (Wildman–Crippen LogP) is 8.81. The van der Waals surface area contributed by atoms with E-state index in [0.29, 0.717) is 6.54 Å². The van der Waals surface area contributed by atoms with Crippen molar-refractivity contribution in [3.05, 3.63) is 131 Å². The molecule has 0 radical (unpaired) electrons. The number of benzene rings is 4. The van der Waals surface area contributed by atoms with Crippen LogP contribution in [0.2, 0.25) is 0 Å². The third-order valence-corrected chi connectivity index (χ3v) is 10.6. The van der Waals surface area contributed by atoms with E-state index in [2.05, 4.69) is 111 Å². The molecule has 0 saturated heterocycles. The number of ether oxygens (including phenoxy) is 3. The molecule has 0 saturated carbocycles. The summed E-state index contributed by atoms with van der Waals surface area (Å²) < 4.78 is 34.1. The first-order valence-electron chi connectivity index (χ1n) is 17.2. The molecule has 0 fully saturated rings. The van der Waals surface area contributed by atoms with Crippen molar-refractivity contribution in [2.75, 3.05) is 41.0 Å². The first-order valence-corrected chi connectivity index (χ1v) is 18.3. The zero-order valence-electron chi connectivity index (χ0n) is 30.5. The van der Waals surface area contributed by atoms with Gasteiger partial charge in [0, 0.05) is 25.2 Å². The Labute approximate surface area is 300 Å². The van der Waals surface area contributed by atoms with Crippen molar-refractivity contribution in [3.8, 4) is 17.6 Å². The monoisotopic (exact) mass is 697 g/mol. The zero-order valence-corrected chi connectivity index (χ0v) is 31.4. The maximum atomic E-state index is 9.32. The SMILES string of the molecule is COc1ccc(C(OCC(CN(C)Cc2ccccc2)OP(OCCC#N)N(C(C)C)C(C)C)(c2ccccc2)c2ccc(OC)cc2)cc1. The van der Waals surface area contributed by atoms with Gasteiger partial charge in [0.15, 0.2) is 0 Å². The molecule has 9 heteroatoms. The van der Waals surface area contributed by atoms with Gasteiger partial charge >= 0.3 is 0 Å². The lowest BCUT2D eigenvalue weighted by molar-refractivity contribution is -0.0413. The smallest absolute Gasteiger partial charge is 0.259 e. The molecule has 0 spiro atoms. The van der Waals surface area contributed by atoms with Gasteiger partial charge in [-0.3, -0.25) is 4.90 Å². The summed E-state index contributed by atoms with van der Waals surface area (Å²) in [7, 11) is 3.91. The van der Waals surface area contributed by atoms with Crippen molar-refractivity contribution < 1.29 is 23.3 Å². The van der Waals surface area contributed by atoms with Gasteiger partial charge in [-0.1, -0.05) is 84.9 Å². The Morgan fingerprint density at radius 1 is 0.720 bits per heavy atom. The largest absolute Gasteiger partial charge is 0.497 e. The molecule has 50 heavy (non-hydrogen) atoms. The van der Waals surface area contributed by atoms with Gasteiger partial charge in [-0.25, -0.2) is 4.67 Å². The van der Waals surface area contributed by atoms with Crippen LogP contribution in [0, 0.1) is 11.3 Å². The van der Waals surface area contributed by atoms with Gasteiger partial charge in [0.05, 0.1) is 39.9 Å². The summed E-state index contributed by atoms with van der Waals surface area (Å²) in [4.78, 5) is 2.26. The molecule has 2 atom stereocenters. The summed E-state index contributed by atoms with van der Waals surface area (Å²) in [5.74, 6) is 1.52. The Balaban J connectivity index is 1.80. The van der Waals surface area contributed by atoms with Gasteiger partial charge in [-0.15, -0.1) is 0 Å². The Hall–Kier alpha value is -3.80. The van der Waals surface area contributed by atoms with Crippen molar-refractivity contribution in [3.63, 3.8) is 0 Å². The standard InChI is InChI=1S/C41H52N3O5P/c1-32(2)44(33(3)4)50(48-28-14-27-42)49-40(30-43(5)29-34-15-10-8-11-16-34)31-47-41(35-17-12-9-13-18-35,36-19-23-38(45-6)24-20-36)37-21-25-39(46-7)26-22-37/h8-13,15-26,32-33,40H,14,28-31H2,1-7H3. The molecule has 8 nitrogen and oxygen atoms in total. The molecule has 0 bridgehead atoms. The number of likely N-dealkylation sites (N-methyl/N-ethyl adjacent to an activating group) is 1. The van der Waals surface area contributed by atoms with E-state index in [9.17, 15) is 5.26 Å². The molecule has 0 aliphatic rings. The fourth-order valence-corrected chi connectivity index (χ4v) is 7.83. The Bertz CT molecular complexity index is 1530. The van der Waals surface area contributed by atoms with Crippen LogP contribution in [0.15, 0.2) is 109 Å². The number of hydrogen-bond donors (Lipinski definition) is 0. The van der Waals surface area contributed by atoms with Crippen LogP contribution in [0.3, 0.4) is 0 Å².